The number of fused-ring (bicyclic) bond motifs is 24. The number of para-hydroxylation sites is 5. The number of benzene rings is 7. The van der Waals surface area contributed by atoms with Gasteiger partial charge in [0.2, 0.25) is 0 Å². The van der Waals surface area contributed by atoms with Gasteiger partial charge in [-0.05, 0) is 265 Å². The summed E-state index contributed by atoms with van der Waals surface area (Å²) in [7, 11) is 8.31. The van der Waals surface area contributed by atoms with Crippen LogP contribution in [0, 0.1) is 116 Å². The molecule has 16 atom stereocenters. The average molecular weight is 1680 g/mol. The maximum absolute atomic E-state index is 8.54. The van der Waals surface area contributed by atoms with Crippen LogP contribution in [0.15, 0.2) is 212 Å². The molecule has 0 heterocycles. The highest BCUT2D eigenvalue weighted by Gasteiger charge is 2.67. The third-order valence-corrected chi connectivity index (χ3v) is 21.6. The third kappa shape index (κ3) is 51.5. The fourth-order valence-electron chi connectivity index (χ4n) is 18.5. The minimum absolute atomic E-state index is 0. The second-order valence-electron chi connectivity index (χ2n) is 37.5. The van der Waals surface area contributed by atoms with Crippen molar-refractivity contribution >= 4 is 0 Å². The Balaban J connectivity index is -0.000000615. The Morgan fingerprint density at radius 3 is 0.479 bits per heavy atom. The molecule has 0 aliphatic heterocycles. The first-order valence-electron chi connectivity index (χ1n) is 47.6. The van der Waals surface area contributed by atoms with E-state index in [2.05, 4.69) is 111 Å². The Hall–Kier alpha value is -6.54. The second kappa shape index (κ2) is 70.7. The quantitative estimate of drug-likeness (QED) is 0.154. The molecule has 0 spiro atoms. The van der Waals surface area contributed by atoms with Gasteiger partial charge < -0.3 is 33.9 Å². The zero-order valence-electron chi connectivity index (χ0n) is 84.2. The van der Waals surface area contributed by atoms with Gasteiger partial charge in [-0.2, -0.15) is 0 Å². The molecule has 17 rings (SSSR count). The van der Waals surface area contributed by atoms with Crippen LogP contribution in [0.4, 0.5) is 0 Å². The molecule has 10 aliphatic rings. The zero-order chi connectivity index (χ0) is 91.9. The summed E-state index contributed by atoms with van der Waals surface area (Å²) in [4.78, 5) is 0. The van der Waals surface area contributed by atoms with Crippen molar-refractivity contribution in [3.8, 4) is 28.7 Å². The van der Waals surface area contributed by atoms with Crippen molar-refractivity contribution in [2.45, 2.75) is 318 Å². The summed E-state index contributed by atoms with van der Waals surface area (Å²) in [5.41, 5.74) is 3.93. The van der Waals surface area contributed by atoms with E-state index in [4.69, 9.17) is 33.9 Å². The molecule has 7 heteroatoms. The summed E-state index contributed by atoms with van der Waals surface area (Å²) in [6.45, 7) is 63.3. The van der Waals surface area contributed by atoms with Gasteiger partial charge in [-0.15, -0.1) is 0 Å². The second-order valence-corrected chi connectivity index (χ2v) is 37.5. The zero-order valence-corrected chi connectivity index (χ0v) is 84.2. The molecule has 10 aliphatic carbocycles. The van der Waals surface area contributed by atoms with E-state index in [1.807, 2.05) is 309 Å². The molecule has 8 bridgehead atoms. The van der Waals surface area contributed by atoms with Crippen LogP contribution in [-0.4, -0.2) is 45.8 Å². The highest BCUT2D eigenvalue weighted by atomic mass is 16.5. The molecule has 10 saturated carbocycles. The molecule has 7 nitrogen and oxygen atoms in total. The van der Waals surface area contributed by atoms with Crippen LogP contribution in [0.25, 0.3) is 0 Å². The SMILES string of the molecule is C.C1CC2C(C1)C1CC2C2C3CCC(C3)C12.C1CC2C(C1)C1CC2C2C3CCC(C3)C12.CC.CC.CC.CC.CC.CC.CC.CC(C)(C)C.CC(C)(C)C.CC(C)(C)C.CC(C)(C)C.COc1ccccc1.COc1ccccc1.COc1ccccc1.COc1ccccc1.COc1ccccc1.OCc1ccccc1.OCc1ccccc1. The van der Waals surface area contributed by atoms with Crippen molar-refractivity contribution in [3.05, 3.63) is 223 Å². The van der Waals surface area contributed by atoms with Gasteiger partial charge in [-0.1, -0.05) is 380 Å². The normalized spacial score (nSPS) is 23.4. The largest absolute Gasteiger partial charge is 0.497 e. The van der Waals surface area contributed by atoms with Crippen LogP contribution in [0.5, 0.6) is 28.7 Å². The summed E-state index contributed by atoms with van der Waals surface area (Å²) >= 11 is 0. The Bertz CT molecular complexity index is 2720. The first-order chi connectivity index (χ1) is 57.4. The van der Waals surface area contributed by atoms with Gasteiger partial charge >= 0.3 is 0 Å². The van der Waals surface area contributed by atoms with E-state index in [1.54, 1.807) is 125 Å². The van der Waals surface area contributed by atoms with Crippen LogP contribution in [0.2, 0.25) is 0 Å². The summed E-state index contributed by atoms with van der Waals surface area (Å²) in [6, 6.07) is 67.5. The predicted octanol–water partition coefficient (Wildman–Crippen LogP) is 34.3. The van der Waals surface area contributed by atoms with E-state index in [1.165, 1.54) is 94.7 Å². The van der Waals surface area contributed by atoms with Crippen LogP contribution < -0.4 is 23.7 Å². The minimum atomic E-state index is 0. The monoisotopic (exact) mass is 1680 g/mol. The highest BCUT2D eigenvalue weighted by Crippen LogP contribution is 2.74. The Labute approximate surface area is 751 Å². The highest BCUT2D eigenvalue weighted by molar-refractivity contribution is 5.24. The molecule has 0 amide bonds. The van der Waals surface area contributed by atoms with Gasteiger partial charge in [0.05, 0.1) is 48.8 Å². The van der Waals surface area contributed by atoms with Crippen molar-refractivity contribution < 1.29 is 33.9 Å². The lowest BCUT2D eigenvalue weighted by atomic mass is 9.64. The van der Waals surface area contributed by atoms with Gasteiger partial charge in [0, 0.05) is 0 Å². The fraction of sp³-hybridized carbons (Fsp3) is 0.632. The van der Waals surface area contributed by atoms with E-state index in [0.717, 1.165) is 39.9 Å². The smallest absolute Gasteiger partial charge is 0.118 e. The van der Waals surface area contributed by atoms with E-state index >= 15 is 0 Å². The maximum atomic E-state index is 8.54. The van der Waals surface area contributed by atoms with Crippen LogP contribution in [0.1, 0.15) is 316 Å². The first-order valence-corrected chi connectivity index (χ1v) is 47.6. The van der Waals surface area contributed by atoms with Crippen molar-refractivity contribution in [1.29, 1.82) is 0 Å². The molecular formula is C114H194O7. The lowest BCUT2D eigenvalue weighted by Crippen LogP contribution is -2.35. The van der Waals surface area contributed by atoms with Crippen molar-refractivity contribution in [3.63, 3.8) is 0 Å². The number of rotatable bonds is 7. The van der Waals surface area contributed by atoms with Crippen LogP contribution in [0.3, 0.4) is 0 Å². The fourth-order valence-corrected chi connectivity index (χ4v) is 18.5. The van der Waals surface area contributed by atoms with Crippen molar-refractivity contribution in [1.82, 2.24) is 0 Å². The average Bonchev–Trinajstić information content (AvgIpc) is 1.54. The Kier molecular flexibility index (Phi) is 70.6. The topological polar surface area (TPSA) is 86.6 Å². The molecule has 16 unspecified atom stereocenters. The number of aliphatic hydroxyl groups excluding tert-OH is 2. The Morgan fingerprint density at radius 1 is 0.223 bits per heavy atom. The molecular weight excluding hydrogens is 1480 g/mol. The molecule has 7 aromatic carbocycles. The van der Waals surface area contributed by atoms with Gasteiger partial charge in [-0.25, -0.2) is 0 Å². The van der Waals surface area contributed by atoms with Gasteiger partial charge in [0.15, 0.2) is 0 Å². The molecule has 2 N–H and O–H groups in total. The lowest BCUT2D eigenvalue weighted by Gasteiger charge is -2.40. The molecule has 10 fully saturated rings. The maximum Gasteiger partial charge on any atom is 0.118 e. The molecule has 692 valence electrons. The van der Waals surface area contributed by atoms with Crippen molar-refractivity contribution in [2.75, 3.05) is 35.5 Å². The van der Waals surface area contributed by atoms with Crippen LogP contribution >= 0.6 is 0 Å². The summed E-state index contributed by atoms with van der Waals surface area (Å²) in [5.74, 6) is 24.1. The lowest BCUT2D eigenvalue weighted by molar-refractivity contribution is 0.0716. The van der Waals surface area contributed by atoms with Crippen LogP contribution in [-0.2, 0) is 13.2 Å². The van der Waals surface area contributed by atoms with E-state index in [9.17, 15) is 0 Å². The predicted molar refractivity (Wildman–Crippen MR) is 537 cm³/mol. The summed E-state index contributed by atoms with van der Waals surface area (Å²) < 4.78 is 24.6. The number of methoxy groups -OCH3 is 5. The summed E-state index contributed by atoms with van der Waals surface area (Å²) in [5, 5.41) is 17.1. The van der Waals surface area contributed by atoms with Gasteiger partial charge in [-0.3, -0.25) is 0 Å². The van der Waals surface area contributed by atoms with E-state index < -0.39 is 0 Å². The van der Waals surface area contributed by atoms with Gasteiger partial charge in [0.1, 0.15) is 28.7 Å². The Morgan fingerprint density at radius 2 is 0.364 bits per heavy atom. The number of ether oxygens (including phenoxy) is 5. The molecule has 0 radical (unpaired) electrons. The van der Waals surface area contributed by atoms with Gasteiger partial charge in [0.25, 0.3) is 0 Å². The molecule has 0 aromatic heterocycles. The summed E-state index contributed by atoms with van der Waals surface area (Å²) in [6.07, 6.45) is 22.8. The van der Waals surface area contributed by atoms with E-state index in [0.29, 0.717) is 21.7 Å². The molecule has 0 saturated heterocycles. The number of aliphatic hydroxyl groups is 2. The third-order valence-electron chi connectivity index (χ3n) is 21.6. The van der Waals surface area contributed by atoms with Crippen molar-refractivity contribution in [2.24, 2.45) is 116 Å². The molecule has 121 heavy (non-hydrogen) atoms. The standard InChI is InChI=1S/2C15H22.7C7H8O.4C5H12.7C2H6.CH4/c2*1-2-10-11(3-1)13-7-12(10)14-8-4-5-9(6-8)15(13)14;5*1-8-7-5-3-2-4-6-7;2*8-6-7-4-2-1-3-5-7;4*1-5(2,3)4;7*1-2;/h2*8-15H,1-7H2;5*2-6H,1H3;2*1-5,8H,6H2;4*1-4H3;7*1-2H3;1H4. The number of hydrogen-bond donors (Lipinski definition) is 2. The minimum Gasteiger partial charge on any atom is -0.497 e. The van der Waals surface area contributed by atoms with E-state index in [-0.39, 0.29) is 20.6 Å². The first kappa shape index (κ1) is 121. The number of hydrogen-bond acceptors (Lipinski definition) is 7. The molecule has 7 aromatic rings.